The van der Waals surface area contributed by atoms with Crippen molar-refractivity contribution in [1.82, 2.24) is 25.0 Å². The van der Waals surface area contributed by atoms with Crippen LogP contribution >= 0.6 is 0 Å². The van der Waals surface area contributed by atoms with Gasteiger partial charge in [0.1, 0.15) is 12.4 Å². The van der Waals surface area contributed by atoms with Crippen molar-refractivity contribution in [3.8, 4) is 6.07 Å². The van der Waals surface area contributed by atoms with E-state index in [0.29, 0.717) is 6.54 Å². The molecule has 0 aliphatic heterocycles. The smallest absolute Gasteiger partial charge is 0.252 e. The number of nitriles is 1. The quantitative estimate of drug-likeness (QED) is 0.690. The molecule has 0 unspecified atom stereocenters. The molecule has 6 heteroatoms. The molecule has 1 N–H and O–H groups in total. The molecule has 0 radical (unpaired) electrons. The largest absolute Gasteiger partial charge is 0.281 e. The number of rotatable bonds is 2. The summed E-state index contributed by atoms with van der Waals surface area (Å²) >= 11 is 0. The van der Waals surface area contributed by atoms with Gasteiger partial charge in [-0.25, -0.2) is 9.67 Å². The maximum atomic E-state index is 8.47. The fourth-order valence-corrected chi connectivity index (χ4v) is 0.969. The highest BCUT2D eigenvalue weighted by molar-refractivity contribution is 5.06. The second kappa shape index (κ2) is 3.06. The number of hydrogen-bond donors (Lipinski definition) is 1. The van der Waals surface area contributed by atoms with Gasteiger partial charge in [0.25, 0.3) is 5.82 Å². The average Bonchev–Trinajstić information content (AvgIpc) is 2.76. The summed E-state index contributed by atoms with van der Waals surface area (Å²) in [6.45, 7) is 0.550. The van der Waals surface area contributed by atoms with Gasteiger partial charge in [-0.05, 0) is 6.07 Å². The van der Waals surface area contributed by atoms with Crippen LogP contribution in [0.15, 0.2) is 18.6 Å². The minimum atomic E-state index is 0.180. The van der Waals surface area contributed by atoms with Gasteiger partial charge in [0, 0.05) is 6.20 Å². The van der Waals surface area contributed by atoms with Crippen LogP contribution in [0, 0.1) is 11.3 Å². The number of aromatic nitrogens is 5. The summed E-state index contributed by atoms with van der Waals surface area (Å²) in [7, 11) is 0. The van der Waals surface area contributed by atoms with Crippen LogP contribution in [0.4, 0.5) is 0 Å². The van der Waals surface area contributed by atoms with Crippen LogP contribution in [0.2, 0.25) is 0 Å². The molecule has 0 aliphatic carbocycles. The number of hydrogen-bond acceptors (Lipinski definition) is 4. The molecule has 0 fully saturated rings. The Hall–Kier alpha value is -2.16. The maximum Gasteiger partial charge on any atom is 0.252 e. The summed E-state index contributed by atoms with van der Waals surface area (Å²) < 4.78 is 1.58. The lowest BCUT2D eigenvalue weighted by Gasteiger charge is -1.94. The minimum Gasteiger partial charge on any atom is -0.281 e. The normalized spacial score (nSPS) is 9.77. The van der Waals surface area contributed by atoms with Crippen LogP contribution < -0.4 is 0 Å². The van der Waals surface area contributed by atoms with Gasteiger partial charge in [-0.15, -0.1) is 5.10 Å². The number of H-pyrrole nitrogens is 1. The molecular formula is C7H6N6. The van der Waals surface area contributed by atoms with Crippen molar-refractivity contribution in [3.63, 3.8) is 0 Å². The number of nitrogens with one attached hydrogen (secondary N) is 1. The maximum absolute atomic E-state index is 8.47. The van der Waals surface area contributed by atoms with E-state index in [1.165, 1.54) is 6.33 Å². The highest BCUT2D eigenvalue weighted by atomic mass is 15.3. The van der Waals surface area contributed by atoms with Crippen molar-refractivity contribution in [3.05, 3.63) is 30.1 Å². The first kappa shape index (κ1) is 7.49. The topological polar surface area (TPSA) is 83.2 Å². The van der Waals surface area contributed by atoms with Gasteiger partial charge in [0.05, 0.1) is 12.2 Å². The van der Waals surface area contributed by atoms with E-state index in [9.17, 15) is 0 Å². The molecule has 0 spiro atoms. The Morgan fingerprint density at radius 3 is 3.15 bits per heavy atom. The second-order valence-corrected chi connectivity index (χ2v) is 2.46. The SMILES string of the molecule is N#Cc1ncn(Cc2ccn[nH]2)n1. The van der Waals surface area contributed by atoms with Gasteiger partial charge in [-0.3, -0.25) is 5.10 Å². The molecule has 0 atom stereocenters. The molecule has 0 saturated carbocycles. The van der Waals surface area contributed by atoms with Crippen LogP contribution in [0.1, 0.15) is 11.5 Å². The van der Waals surface area contributed by atoms with E-state index in [1.807, 2.05) is 12.1 Å². The molecule has 0 bridgehead atoms. The van der Waals surface area contributed by atoms with Gasteiger partial charge in [0.15, 0.2) is 0 Å². The summed E-state index contributed by atoms with van der Waals surface area (Å²) in [6, 6.07) is 3.70. The first-order valence-electron chi connectivity index (χ1n) is 3.66. The number of nitrogens with zero attached hydrogens (tertiary/aromatic N) is 5. The zero-order valence-electron chi connectivity index (χ0n) is 6.68. The van der Waals surface area contributed by atoms with Crippen LogP contribution in [-0.2, 0) is 6.54 Å². The Kier molecular flexibility index (Phi) is 1.77. The lowest BCUT2D eigenvalue weighted by molar-refractivity contribution is 0.666. The van der Waals surface area contributed by atoms with Crippen LogP contribution in [0.25, 0.3) is 0 Å². The standard InChI is InChI=1S/C7H6N6/c8-3-7-9-5-13(12-7)4-6-1-2-10-11-6/h1-2,5H,4H2,(H,10,11). The van der Waals surface area contributed by atoms with E-state index in [-0.39, 0.29) is 5.82 Å². The third kappa shape index (κ3) is 1.54. The lowest BCUT2D eigenvalue weighted by atomic mass is 10.4. The minimum absolute atomic E-state index is 0.180. The fraction of sp³-hybridized carbons (Fsp3) is 0.143. The van der Waals surface area contributed by atoms with Crippen molar-refractivity contribution in [1.29, 1.82) is 5.26 Å². The van der Waals surface area contributed by atoms with E-state index >= 15 is 0 Å². The van der Waals surface area contributed by atoms with E-state index in [0.717, 1.165) is 5.69 Å². The molecule has 0 amide bonds. The van der Waals surface area contributed by atoms with E-state index < -0.39 is 0 Å². The Morgan fingerprint density at radius 2 is 2.54 bits per heavy atom. The molecule has 0 aromatic carbocycles. The van der Waals surface area contributed by atoms with E-state index in [1.54, 1.807) is 10.9 Å². The monoisotopic (exact) mass is 174 g/mol. The summed E-state index contributed by atoms with van der Waals surface area (Å²) in [5, 5.41) is 19.0. The molecule has 0 aliphatic rings. The van der Waals surface area contributed by atoms with Crippen LogP contribution in [0.5, 0.6) is 0 Å². The van der Waals surface area contributed by atoms with Gasteiger partial charge < -0.3 is 0 Å². The van der Waals surface area contributed by atoms with Crippen LogP contribution in [-0.4, -0.2) is 25.0 Å². The van der Waals surface area contributed by atoms with E-state index in [2.05, 4.69) is 20.3 Å². The third-order valence-corrected chi connectivity index (χ3v) is 1.53. The van der Waals surface area contributed by atoms with Gasteiger partial charge >= 0.3 is 0 Å². The van der Waals surface area contributed by atoms with Crippen molar-refractivity contribution < 1.29 is 0 Å². The van der Waals surface area contributed by atoms with Gasteiger partial charge in [0.2, 0.25) is 0 Å². The van der Waals surface area contributed by atoms with Crippen molar-refractivity contribution in [2.45, 2.75) is 6.54 Å². The van der Waals surface area contributed by atoms with Crippen LogP contribution in [0.3, 0.4) is 0 Å². The van der Waals surface area contributed by atoms with Crippen molar-refractivity contribution >= 4 is 0 Å². The second-order valence-electron chi connectivity index (χ2n) is 2.46. The summed E-state index contributed by atoms with van der Waals surface area (Å²) in [5.41, 5.74) is 0.925. The highest BCUT2D eigenvalue weighted by Crippen LogP contribution is 1.95. The summed E-state index contributed by atoms with van der Waals surface area (Å²) in [5.74, 6) is 0.180. The lowest BCUT2D eigenvalue weighted by Crippen LogP contribution is -2.00. The molecular weight excluding hydrogens is 168 g/mol. The predicted octanol–water partition coefficient (Wildman–Crippen LogP) is -0.0788. The van der Waals surface area contributed by atoms with Gasteiger partial charge in [-0.1, -0.05) is 0 Å². The van der Waals surface area contributed by atoms with Gasteiger partial charge in [-0.2, -0.15) is 10.4 Å². The fourth-order valence-electron chi connectivity index (χ4n) is 0.969. The third-order valence-electron chi connectivity index (χ3n) is 1.53. The highest BCUT2D eigenvalue weighted by Gasteiger charge is 1.99. The summed E-state index contributed by atoms with van der Waals surface area (Å²) in [6.07, 6.45) is 3.18. The molecule has 2 rings (SSSR count). The Bertz CT molecular complexity index is 420. The molecule has 2 aromatic rings. The molecule has 6 nitrogen and oxygen atoms in total. The predicted molar refractivity (Wildman–Crippen MR) is 42.4 cm³/mol. The van der Waals surface area contributed by atoms with Crippen molar-refractivity contribution in [2.75, 3.05) is 0 Å². The van der Waals surface area contributed by atoms with Crippen molar-refractivity contribution in [2.24, 2.45) is 0 Å². The Balaban J connectivity index is 2.15. The molecule has 2 heterocycles. The average molecular weight is 174 g/mol. The molecule has 13 heavy (non-hydrogen) atoms. The first-order valence-corrected chi connectivity index (χ1v) is 3.66. The number of aromatic amines is 1. The first-order chi connectivity index (χ1) is 6.38. The molecule has 2 aromatic heterocycles. The Morgan fingerprint density at radius 1 is 1.62 bits per heavy atom. The molecule has 64 valence electrons. The molecule has 0 saturated heterocycles. The zero-order chi connectivity index (χ0) is 9.10. The van der Waals surface area contributed by atoms with E-state index in [4.69, 9.17) is 5.26 Å². The summed E-state index contributed by atoms with van der Waals surface area (Å²) in [4.78, 5) is 3.77. The Labute approximate surface area is 73.8 Å². The zero-order valence-corrected chi connectivity index (χ0v) is 6.68.